The number of nitrogens with zero attached hydrogens (tertiary/aromatic N) is 6. The lowest BCUT2D eigenvalue weighted by Gasteiger charge is -2.11. The summed E-state index contributed by atoms with van der Waals surface area (Å²) in [6.45, 7) is 0. The molecule has 0 aliphatic carbocycles. The molecule has 0 spiro atoms. The maximum Gasteiger partial charge on any atom is 0.238 e. The van der Waals surface area contributed by atoms with Crippen molar-refractivity contribution in [1.82, 2.24) is 29.3 Å². The Kier molecular flexibility index (Phi) is 5.77. The first-order valence-electron chi connectivity index (χ1n) is 16.0. The van der Waals surface area contributed by atoms with Crippen molar-refractivity contribution in [2.45, 2.75) is 0 Å². The summed E-state index contributed by atoms with van der Waals surface area (Å²) in [7, 11) is 0. The van der Waals surface area contributed by atoms with E-state index in [9.17, 15) is 0 Å². The fourth-order valence-corrected chi connectivity index (χ4v) is 7.01. The molecule has 0 N–H and O–H groups in total. The number of aromatic nitrogens is 6. The topological polar surface area (TPSA) is 61.4 Å². The van der Waals surface area contributed by atoms with E-state index in [-0.39, 0.29) is 0 Å². The molecule has 0 atom stereocenters. The molecule has 0 amide bonds. The van der Waals surface area contributed by atoms with Crippen LogP contribution in [0.1, 0.15) is 0 Å². The van der Waals surface area contributed by atoms with Crippen LogP contribution in [-0.2, 0) is 0 Å². The lowest BCUT2D eigenvalue weighted by molar-refractivity contribution is 0.911. The molecule has 0 aliphatic heterocycles. The maximum atomic E-state index is 5.17. The summed E-state index contributed by atoms with van der Waals surface area (Å²) in [6, 6.07) is 52.4. The Morgan fingerprint density at radius 1 is 0.417 bits per heavy atom. The number of rotatable bonds is 4. The quantitative estimate of drug-likeness (QED) is 0.185. The number of fused-ring (bicyclic) bond motifs is 8. The van der Waals surface area contributed by atoms with Gasteiger partial charge < -0.3 is 0 Å². The molecule has 6 heteroatoms. The molecule has 10 aromatic rings. The molecule has 3 aromatic heterocycles. The van der Waals surface area contributed by atoms with E-state index in [2.05, 4.69) is 77.4 Å². The molecule has 224 valence electrons. The Balaban J connectivity index is 1.35. The average Bonchev–Trinajstić information content (AvgIpc) is 3.74. The standard InChI is InChI=1S/C42H26N6/c1-4-13-28(14-5-1)40-44-41(29-15-6-2-7-16-29)46-42(45-40)47-37-23-22-36-35(26-43-48(36)31-17-8-3-9-18-31)39(37)34-24-30-21-20-27-12-10-11-19-32(27)33(30)25-38(34)47/h1-26H. The van der Waals surface area contributed by atoms with Crippen LogP contribution in [0.15, 0.2) is 158 Å². The maximum absolute atomic E-state index is 5.17. The van der Waals surface area contributed by atoms with E-state index in [0.29, 0.717) is 17.6 Å². The number of benzene rings is 7. The van der Waals surface area contributed by atoms with Crippen LogP contribution in [0, 0.1) is 0 Å². The SMILES string of the molecule is c1ccc(-c2nc(-c3ccccc3)nc(-n3c4cc5c(ccc6ccccc65)cc4c4c5cnn(-c6ccccc6)c5ccc43)n2)cc1. The Morgan fingerprint density at radius 3 is 1.77 bits per heavy atom. The van der Waals surface area contributed by atoms with Crippen molar-refractivity contribution >= 4 is 54.3 Å². The third kappa shape index (κ3) is 4.06. The van der Waals surface area contributed by atoms with Crippen LogP contribution in [0.2, 0.25) is 0 Å². The van der Waals surface area contributed by atoms with Crippen molar-refractivity contribution in [1.29, 1.82) is 0 Å². The molecule has 0 unspecified atom stereocenters. The van der Waals surface area contributed by atoms with Gasteiger partial charge in [-0.15, -0.1) is 0 Å². The van der Waals surface area contributed by atoms with Gasteiger partial charge in [0.05, 0.1) is 28.4 Å². The van der Waals surface area contributed by atoms with Crippen LogP contribution < -0.4 is 0 Å². The van der Waals surface area contributed by atoms with Crippen molar-refractivity contribution in [2.24, 2.45) is 0 Å². The highest BCUT2D eigenvalue weighted by Gasteiger charge is 2.21. The van der Waals surface area contributed by atoms with E-state index in [4.69, 9.17) is 20.1 Å². The minimum Gasteiger partial charge on any atom is -0.278 e. The van der Waals surface area contributed by atoms with E-state index in [1.165, 1.54) is 21.5 Å². The molecular formula is C42H26N6. The fraction of sp³-hybridized carbons (Fsp3) is 0. The molecule has 0 aliphatic rings. The molecule has 6 nitrogen and oxygen atoms in total. The number of para-hydroxylation sites is 1. The second kappa shape index (κ2) is 10.4. The zero-order chi connectivity index (χ0) is 31.6. The predicted molar refractivity (Wildman–Crippen MR) is 195 cm³/mol. The lowest BCUT2D eigenvalue weighted by Crippen LogP contribution is -2.06. The molecule has 0 saturated heterocycles. The molecular weight excluding hydrogens is 589 g/mol. The number of hydrogen-bond donors (Lipinski definition) is 0. The van der Waals surface area contributed by atoms with Gasteiger partial charge in [-0.3, -0.25) is 4.57 Å². The predicted octanol–water partition coefficient (Wildman–Crippen LogP) is 9.95. The molecule has 0 saturated carbocycles. The summed E-state index contributed by atoms with van der Waals surface area (Å²) in [4.78, 5) is 15.3. The van der Waals surface area contributed by atoms with Crippen molar-refractivity contribution in [3.8, 4) is 34.4 Å². The smallest absolute Gasteiger partial charge is 0.238 e. The molecule has 0 fully saturated rings. The highest BCUT2D eigenvalue weighted by atomic mass is 15.3. The summed E-state index contributed by atoms with van der Waals surface area (Å²) in [5.41, 5.74) is 5.96. The monoisotopic (exact) mass is 614 g/mol. The van der Waals surface area contributed by atoms with Gasteiger partial charge in [0.15, 0.2) is 11.6 Å². The van der Waals surface area contributed by atoms with E-state index in [1.54, 1.807) is 0 Å². The normalized spacial score (nSPS) is 11.8. The van der Waals surface area contributed by atoms with Gasteiger partial charge in [-0.2, -0.15) is 15.1 Å². The average molecular weight is 615 g/mol. The summed E-state index contributed by atoms with van der Waals surface area (Å²) in [5.74, 6) is 1.81. The van der Waals surface area contributed by atoms with Crippen LogP contribution >= 0.6 is 0 Å². The van der Waals surface area contributed by atoms with E-state index in [1.807, 2.05) is 89.7 Å². The summed E-state index contributed by atoms with van der Waals surface area (Å²) < 4.78 is 4.21. The van der Waals surface area contributed by atoms with Crippen LogP contribution in [-0.4, -0.2) is 29.3 Å². The van der Waals surface area contributed by atoms with E-state index >= 15 is 0 Å². The second-order valence-corrected chi connectivity index (χ2v) is 12.0. The lowest BCUT2D eigenvalue weighted by atomic mass is 9.99. The van der Waals surface area contributed by atoms with Gasteiger partial charge in [-0.05, 0) is 57.9 Å². The van der Waals surface area contributed by atoms with E-state index < -0.39 is 0 Å². The van der Waals surface area contributed by atoms with Crippen LogP contribution in [0.5, 0.6) is 0 Å². The van der Waals surface area contributed by atoms with Gasteiger partial charge in [0.1, 0.15) is 0 Å². The first kappa shape index (κ1) is 26.5. The zero-order valence-electron chi connectivity index (χ0n) is 25.7. The van der Waals surface area contributed by atoms with Crippen molar-refractivity contribution in [2.75, 3.05) is 0 Å². The molecule has 7 aromatic carbocycles. The third-order valence-electron chi connectivity index (χ3n) is 9.23. The second-order valence-electron chi connectivity index (χ2n) is 12.0. The van der Waals surface area contributed by atoms with Crippen molar-refractivity contribution in [3.63, 3.8) is 0 Å². The van der Waals surface area contributed by atoms with Crippen LogP contribution in [0.3, 0.4) is 0 Å². The zero-order valence-corrected chi connectivity index (χ0v) is 25.7. The summed E-state index contributed by atoms with van der Waals surface area (Å²) in [5, 5.41) is 13.0. The first-order valence-corrected chi connectivity index (χ1v) is 16.0. The highest BCUT2D eigenvalue weighted by molar-refractivity contribution is 6.24. The summed E-state index contributed by atoms with van der Waals surface area (Å²) >= 11 is 0. The van der Waals surface area contributed by atoms with E-state index in [0.717, 1.165) is 49.5 Å². The van der Waals surface area contributed by atoms with Gasteiger partial charge in [-0.25, -0.2) is 9.67 Å². The number of hydrogen-bond acceptors (Lipinski definition) is 4. The Morgan fingerprint density at radius 2 is 1.04 bits per heavy atom. The fourth-order valence-electron chi connectivity index (χ4n) is 7.01. The van der Waals surface area contributed by atoms with Crippen LogP contribution in [0.4, 0.5) is 0 Å². The third-order valence-corrected chi connectivity index (χ3v) is 9.23. The largest absolute Gasteiger partial charge is 0.278 e. The van der Waals surface area contributed by atoms with Crippen LogP contribution in [0.25, 0.3) is 88.7 Å². The Labute approximate surface area is 275 Å². The van der Waals surface area contributed by atoms with Gasteiger partial charge >= 0.3 is 0 Å². The molecule has 48 heavy (non-hydrogen) atoms. The highest BCUT2D eigenvalue weighted by Crippen LogP contribution is 2.40. The van der Waals surface area contributed by atoms with Gasteiger partial charge in [0.25, 0.3) is 0 Å². The van der Waals surface area contributed by atoms with Gasteiger partial charge in [-0.1, -0.05) is 115 Å². The van der Waals surface area contributed by atoms with Gasteiger partial charge in [0.2, 0.25) is 5.95 Å². The molecule has 10 rings (SSSR count). The first-order chi connectivity index (χ1) is 23.8. The van der Waals surface area contributed by atoms with Gasteiger partial charge in [0, 0.05) is 27.3 Å². The molecule has 0 radical (unpaired) electrons. The minimum absolute atomic E-state index is 0.567. The van der Waals surface area contributed by atoms with Crippen molar-refractivity contribution in [3.05, 3.63) is 158 Å². The summed E-state index contributed by atoms with van der Waals surface area (Å²) in [6.07, 6.45) is 1.98. The Bertz CT molecular complexity index is 2760. The molecule has 0 bridgehead atoms. The molecule has 3 heterocycles. The minimum atomic E-state index is 0.567. The Hall–Kier alpha value is -6.66. The van der Waals surface area contributed by atoms with Crippen molar-refractivity contribution < 1.29 is 0 Å².